The van der Waals surface area contributed by atoms with Gasteiger partial charge in [-0.3, -0.25) is 4.98 Å². The fourth-order valence-electron chi connectivity index (χ4n) is 3.67. The second-order valence-electron chi connectivity index (χ2n) is 6.72. The number of hydrogen-bond acceptors (Lipinski definition) is 4. The third-order valence-corrected chi connectivity index (χ3v) is 5.40. The van der Waals surface area contributed by atoms with E-state index in [1.54, 1.807) is 23.0 Å². The maximum absolute atomic E-state index is 6.10. The Morgan fingerprint density at radius 2 is 1.59 bits per heavy atom. The Balaban J connectivity index is 0.000000359. The number of nitrogens with two attached hydrogens (primary N) is 2. The highest BCUT2D eigenvalue weighted by atomic mass is 32.1. The maximum atomic E-state index is 6.10. The van der Waals surface area contributed by atoms with Crippen LogP contribution in [-0.4, -0.2) is 4.98 Å². The Morgan fingerprint density at radius 1 is 0.862 bits per heavy atom. The van der Waals surface area contributed by atoms with Crippen LogP contribution in [0.25, 0.3) is 32.9 Å². The minimum atomic E-state index is 0.775. The number of aromatic nitrogens is 2. The Morgan fingerprint density at radius 3 is 2.21 bits per heavy atom. The average molecular weight is 400 g/mol. The van der Waals surface area contributed by atoms with Gasteiger partial charge in [-0.25, -0.2) is 0 Å². The van der Waals surface area contributed by atoms with E-state index in [0.29, 0.717) is 0 Å². The summed E-state index contributed by atoms with van der Waals surface area (Å²) in [5, 5.41) is 5.49. The van der Waals surface area contributed by atoms with Crippen molar-refractivity contribution in [1.82, 2.24) is 4.98 Å². The second-order valence-corrected chi connectivity index (χ2v) is 7.47. The highest BCUT2D eigenvalue weighted by Gasteiger charge is 2.22. The first kappa shape index (κ1) is 18.9. The smallest absolute Gasteiger partial charge is 0.220 e. The molecule has 2 heterocycles. The summed E-state index contributed by atoms with van der Waals surface area (Å²) in [7, 11) is 0. The standard InChI is InChI=1S/C21H19N3.C3H3NS/c1-2-24-20-13-16(23)9-11-18(20)17-10-8-15(22)12-19(17)21(24)14-6-4-3-5-7-14;1-2-5-3-4-1/h3-13,23H,2,22H2,1H3;1-3H/p+1. The topological polar surface area (TPSA) is 68.8 Å². The first-order valence-electron chi connectivity index (χ1n) is 9.51. The first-order chi connectivity index (χ1) is 14.2. The molecule has 0 aliphatic heterocycles. The lowest BCUT2D eigenvalue weighted by Gasteiger charge is -2.12. The van der Waals surface area contributed by atoms with E-state index in [1.807, 2.05) is 23.6 Å². The van der Waals surface area contributed by atoms with E-state index in [9.17, 15) is 0 Å². The van der Waals surface area contributed by atoms with Crippen molar-refractivity contribution in [3.8, 4) is 11.3 Å². The number of fused-ring (bicyclic) bond motifs is 3. The Kier molecular flexibility index (Phi) is 5.40. The zero-order valence-electron chi connectivity index (χ0n) is 16.2. The van der Waals surface area contributed by atoms with Crippen molar-refractivity contribution < 1.29 is 4.57 Å². The summed E-state index contributed by atoms with van der Waals surface area (Å²) in [4.78, 5) is 3.74. The summed E-state index contributed by atoms with van der Waals surface area (Å²) in [5.74, 6) is 0. The van der Waals surface area contributed by atoms with Crippen molar-refractivity contribution in [2.24, 2.45) is 0 Å². The number of nitrogen functional groups attached to an aromatic ring is 2. The average Bonchev–Trinajstić information content (AvgIpc) is 3.33. The van der Waals surface area contributed by atoms with Gasteiger partial charge in [0, 0.05) is 40.0 Å². The normalized spacial score (nSPS) is 10.7. The predicted molar refractivity (Wildman–Crippen MR) is 124 cm³/mol. The van der Waals surface area contributed by atoms with Crippen LogP contribution in [0.3, 0.4) is 0 Å². The van der Waals surface area contributed by atoms with Crippen LogP contribution in [0.2, 0.25) is 0 Å². The van der Waals surface area contributed by atoms with Gasteiger partial charge in [-0.2, -0.15) is 4.57 Å². The van der Waals surface area contributed by atoms with E-state index in [2.05, 4.69) is 65.0 Å². The number of aryl methyl sites for hydroxylation is 1. The molecule has 5 rings (SSSR count). The number of thiazole rings is 1. The van der Waals surface area contributed by atoms with Gasteiger partial charge in [0.05, 0.1) is 16.3 Å². The Bertz CT molecular complexity index is 1230. The van der Waals surface area contributed by atoms with Crippen LogP contribution in [0.15, 0.2) is 83.8 Å². The third-order valence-electron chi connectivity index (χ3n) is 4.88. The molecule has 29 heavy (non-hydrogen) atoms. The minimum absolute atomic E-state index is 0.775. The molecule has 3 aromatic carbocycles. The number of rotatable bonds is 2. The molecule has 0 unspecified atom stereocenters. The molecular formula is C24H23N4S+. The van der Waals surface area contributed by atoms with Gasteiger partial charge in [0.15, 0.2) is 0 Å². The third kappa shape index (κ3) is 3.77. The van der Waals surface area contributed by atoms with Gasteiger partial charge in [-0.1, -0.05) is 24.3 Å². The van der Waals surface area contributed by atoms with Crippen LogP contribution in [0.5, 0.6) is 0 Å². The van der Waals surface area contributed by atoms with Gasteiger partial charge in [-0.05, 0) is 43.3 Å². The molecule has 0 aliphatic carbocycles. The van der Waals surface area contributed by atoms with E-state index in [0.717, 1.165) is 23.4 Å². The van der Waals surface area contributed by atoms with Crippen molar-refractivity contribution in [2.45, 2.75) is 13.5 Å². The van der Waals surface area contributed by atoms with Crippen molar-refractivity contribution in [3.63, 3.8) is 0 Å². The van der Waals surface area contributed by atoms with Gasteiger partial charge in [0.2, 0.25) is 11.2 Å². The molecule has 0 amide bonds. The van der Waals surface area contributed by atoms with Crippen LogP contribution in [0.4, 0.5) is 11.4 Å². The molecule has 0 saturated carbocycles. The molecule has 5 heteroatoms. The number of benzene rings is 3. The summed E-state index contributed by atoms with van der Waals surface area (Å²) in [6.45, 7) is 3.02. The fourth-order valence-corrected chi connectivity index (χ4v) is 4.02. The van der Waals surface area contributed by atoms with Gasteiger partial charge in [-0.15, -0.1) is 11.3 Å². The van der Waals surface area contributed by atoms with Gasteiger partial charge < -0.3 is 11.5 Å². The van der Waals surface area contributed by atoms with Crippen LogP contribution < -0.4 is 16.0 Å². The molecule has 0 spiro atoms. The Labute approximate surface area is 174 Å². The number of pyridine rings is 1. The number of anilines is 2. The molecule has 2 aromatic heterocycles. The summed E-state index contributed by atoms with van der Waals surface area (Å²) in [5.41, 5.74) is 19.0. The molecule has 144 valence electrons. The number of nitrogens with zero attached hydrogens (tertiary/aromatic N) is 2. The van der Waals surface area contributed by atoms with Crippen molar-refractivity contribution in [2.75, 3.05) is 11.5 Å². The van der Waals surface area contributed by atoms with Crippen molar-refractivity contribution >= 4 is 44.4 Å². The summed E-state index contributed by atoms with van der Waals surface area (Å²) >= 11 is 1.60. The maximum Gasteiger partial charge on any atom is 0.220 e. The first-order valence-corrected chi connectivity index (χ1v) is 10.4. The molecule has 0 fully saturated rings. The van der Waals surface area contributed by atoms with E-state index in [4.69, 9.17) is 11.5 Å². The van der Waals surface area contributed by atoms with E-state index < -0.39 is 0 Å². The molecule has 0 saturated heterocycles. The molecule has 4 nitrogen and oxygen atoms in total. The van der Waals surface area contributed by atoms with E-state index in [-0.39, 0.29) is 0 Å². The molecule has 4 N–H and O–H groups in total. The molecule has 0 bridgehead atoms. The Hall–Kier alpha value is -3.44. The summed E-state index contributed by atoms with van der Waals surface area (Å²) in [6, 6.07) is 22.7. The highest BCUT2D eigenvalue weighted by Crippen LogP contribution is 2.33. The van der Waals surface area contributed by atoms with Gasteiger partial charge in [0.1, 0.15) is 6.54 Å². The summed E-state index contributed by atoms with van der Waals surface area (Å²) in [6.07, 6.45) is 1.77. The van der Waals surface area contributed by atoms with E-state index >= 15 is 0 Å². The van der Waals surface area contributed by atoms with Crippen molar-refractivity contribution in [3.05, 3.63) is 83.8 Å². The molecule has 0 aliphatic rings. The van der Waals surface area contributed by atoms with E-state index in [1.165, 1.54) is 27.4 Å². The molecular weight excluding hydrogens is 376 g/mol. The van der Waals surface area contributed by atoms with Crippen LogP contribution in [-0.2, 0) is 6.54 Å². The molecule has 0 radical (unpaired) electrons. The lowest BCUT2D eigenvalue weighted by molar-refractivity contribution is -0.655. The lowest BCUT2D eigenvalue weighted by Crippen LogP contribution is -2.36. The molecule has 5 aromatic rings. The largest absolute Gasteiger partial charge is 0.399 e. The number of hydrogen-bond donors (Lipinski definition) is 2. The quantitative estimate of drug-likeness (QED) is 0.241. The lowest BCUT2D eigenvalue weighted by atomic mass is 9.98. The summed E-state index contributed by atoms with van der Waals surface area (Å²) < 4.78 is 2.32. The van der Waals surface area contributed by atoms with Crippen LogP contribution >= 0.6 is 11.3 Å². The fraction of sp³-hybridized carbons (Fsp3) is 0.0833. The zero-order valence-corrected chi connectivity index (χ0v) is 17.1. The SMILES string of the molecule is CC[n+]1c(-c2ccccc2)c2cc(N)ccc2c2ccc(N)cc21.c1cscn1. The van der Waals surface area contributed by atoms with Gasteiger partial charge >= 0.3 is 0 Å². The monoisotopic (exact) mass is 399 g/mol. The van der Waals surface area contributed by atoms with Crippen molar-refractivity contribution in [1.29, 1.82) is 0 Å². The predicted octanol–water partition coefficient (Wildman–Crippen LogP) is 5.27. The van der Waals surface area contributed by atoms with Crippen LogP contribution in [0.1, 0.15) is 6.92 Å². The van der Waals surface area contributed by atoms with Crippen LogP contribution in [0, 0.1) is 0 Å². The highest BCUT2D eigenvalue weighted by molar-refractivity contribution is 7.07. The minimum Gasteiger partial charge on any atom is -0.399 e. The zero-order chi connectivity index (χ0) is 20.2. The van der Waals surface area contributed by atoms with Gasteiger partial charge in [0.25, 0.3) is 0 Å². The molecule has 0 atom stereocenters. The second kappa shape index (κ2) is 8.29.